The molecule has 0 aromatic heterocycles. The summed E-state index contributed by atoms with van der Waals surface area (Å²) >= 11 is 3.41. The summed E-state index contributed by atoms with van der Waals surface area (Å²) in [6.07, 6.45) is 0. The average molecular weight is 337 g/mol. The van der Waals surface area contributed by atoms with Crippen LogP contribution in [-0.2, 0) is 4.79 Å². The summed E-state index contributed by atoms with van der Waals surface area (Å²) in [6.45, 7) is 1.94. The molecule has 0 radical (unpaired) electrons. The number of primary amides is 1. The standard InChI is InChI=1S/C15H14BrFN2O/c1-9-6-7-10(8-11(9)16)14(15(18)20)19-13-5-3-2-4-12(13)17/h2-8,14,19H,1H3,(H2,18,20). The van der Waals surface area contributed by atoms with Gasteiger partial charge >= 0.3 is 0 Å². The Balaban J connectivity index is 2.34. The van der Waals surface area contributed by atoms with Gasteiger partial charge in [-0.1, -0.05) is 40.2 Å². The number of anilines is 1. The molecule has 1 unspecified atom stereocenters. The minimum absolute atomic E-state index is 0.244. The van der Waals surface area contributed by atoms with Gasteiger partial charge in [0.05, 0.1) is 5.69 Å². The monoisotopic (exact) mass is 336 g/mol. The number of para-hydroxylation sites is 1. The molecule has 5 heteroatoms. The van der Waals surface area contributed by atoms with Gasteiger partial charge in [0.15, 0.2) is 0 Å². The van der Waals surface area contributed by atoms with Crippen LogP contribution in [0.3, 0.4) is 0 Å². The fourth-order valence-electron chi connectivity index (χ4n) is 1.84. The Labute approximate surface area is 125 Å². The van der Waals surface area contributed by atoms with Gasteiger partial charge in [-0.25, -0.2) is 4.39 Å². The molecule has 0 heterocycles. The number of rotatable bonds is 4. The van der Waals surface area contributed by atoms with Crippen LogP contribution in [0.5, 0.6) is 0 Å². The van der Waals surface area contributed by atoms with E-state index in [1.54, 1.807) is 30.3 Å². The molecule has 2 rings (SSSR count). The molecule has 0 aliphatic rings. The van der Waals surface area contributed by atoms with E-state index >= 15 is 0 Å². The maximum absolute atomic E-state index is 13.6. The van der Waals surface area contributed by atoms with Crippen LogP contribution in [0.1, 0.15) is 17.2 Å². The Hall–Kier alpha value is -1.88. The summed E-state index contributed by atoms with van der Waals surface area (Å²) in [6, 6.07) is 10.8. The number of hydrogen-bond donors (Lipinski definition) is 2. The molecule has 104 valence electrons. The van der Waals surface area contributed by atoms with E-state index in [1.807, 2.05) is 13.0 Å². The Morgan fingerprint density at radius 2 is 2.00 bits per heavy atom. The lowest BCUT2D eigenvalue weighted by Gasteiger charge is -2.18. The van der Waals surface area contributed by atoms with Gasteiger partial charge in [-0.3, -0.25) is 4.79 Å². The van der Waals surface area contributed by atoms with Crippen molar-refractivity contribution in [2.45, 2.75) is 13.0 Å². The fourth-order valence-corrected chi connectivity index (χ4v) is 2.24. The van der Waals surface area contributed by atoms with E-state index in [0.717, 1.165) is 10.0 Å². The highest BCUT2D eigenvalue weighted by Crippen LogP contribution is 2.25. The first-order chi connectivity index (χ1) is 9.49. The van der Waals surface area contributed by atoms with E-state index in [2.05, 4.69) is 21.2 Å². The number of nitrogens with one attached hydrogen (secondary N) is 1. The molecular formula is C15H14BrFN2O. The van der Waals surface area contributed by atoms with Crippen LogP contribution in [0.25, 0.3) is 0 Å². The molecule has 0 saturated heterocycles. The van der Waals surface area contributed by atoms with Crippen LogP contribution in [-0.4, -0.2) is 5.91 Å². The smallest absolute Gasteiger partial charge is 0.244 e. The number of carbonyl (C=O) groups excluding carboxylic acids is 1. The molecule has 0 bridgehead atoms. The highest BCUT2D eigenvalue weighted by atomic mass is 79.9. The zero-order chi connectivity index (χ0) is 14.7. The van der Waals surface area contributed by atoms with Crippen molar-refractivity contribution in [2.24, 2.45) is 5.73 Å². The lowest BCUT2D eigenvalue weighted by molar-refractivity contribution is -0.118. The Kier molecular flexibility index (Phi) is 4.39. The first-order valence-electron chi connectivity index (χ1n) is 6.05. The maximum Gasteiger partial charge on any atom is 0.244 e. The van der Waals surface area contributed by atoms with Crippen molar-refractivity contribution in [3.8, 4) is 0 Å². The number of benzene rings is 2. The number of hydrogen-bond acceptors (Lipinski definition) is 2. The van der Waals surface area contributed by atoms with Crippen molar-refractivity contribution in [2.75, 3.05) is 5.32 Å². The van der Waals surface area contributed by atoms with Crippen molar-refractivity contribution < 1.29 is 9.18 Å². The minimum atomic E-state index is -0.788. The Morgan fingerprint density at radius 1 is 1.30 bits per heavy atom. The number of amides is 1. The average Bonchev–Trinajstić information content (AvgIpc) is 2.41. The molecule has 2 aromatic carbocycles. The predicted octanol–water partition coefficient (Wildman–Crippen LogP) is 3.54. The van der Waals surface area contributed by atoms with Crippen molar-refractivity contribution in [1.82, 2.24) is 0 Å². The maximum atomic E-state index is 13.6. The van der Waals surface area contributed by atoms with Gasteiger partial charge in [-0.2, -0.15) is 0 Å². The van der Waals surface area contributed by atoms with E-state index in [1.165, 1.54) is 6.07 Å². The van der Waals surface area contributed by atoms with Crippen LogP contribution < -0.4 is 11.1 Å². The second-order valence-electron chi connectivity index (χ2n) is 4.47. The summed E-state index contributed by atoms with van der Waals surface area (Å²) in [7, 11) is 0. The Morgan fingerprint density at radius 3 is 2.60 bits per heavy atom. The van der Waals surface area contributed by atoms with Crippen molar-refractivity contribution in [1.29, 1.82) is 0 Å². The molecule has 3 nitrogen and oxygen atoms in total. The third kappa shape index (κ3) is 3.17. The molecule has 0 fully saturated rings. The van der Waals surface area contributed by atoms with E-state index in [0.29, 0.717) is 5.56 Å². The SMILES string of the molecule is Cc1ccc(C(Nc2ccccc2F)C(N)=O)cc1Br. The highest BCUT2D eigenvalue weighted by molar-refractivity contribution is 9.10. The van der Waals surface area contributed by atoms with Crippen molar-refractivity contribution >= 4 is 27.5 Å². The largest absolute Gasteiger partial charge is 0.368 e. The van der Waals surface area contributed by atoms with Crippen molar-refractivity contribution in [3.63, 3.8) is 0 Å². The van der Waals surface area contributed by atoms with E-state index in [9.17, 15) is 9.18 Å². The molecular weight excluding hydrogens is 323 g/mol. The number of aryl methyl sites for hydroxylation is 1. The van der Waals surface area contributed by atoms with Gasteiger partial charge < -0.3 is 11.1 Å². The van der Waals surface area contributed by atoms with Crippen LogP contribution in [0.2, 0.25) is 0 Å². The number of nitrogens with two attached hydrogens (primary N) is 1. The summed E-state index contributed by atoms with van der Waals surface area (Å²) in [5.74, 6) is -0.992. The van der Waals surface area contributed by atoms with Gasteiger partial charge in [-0.15, -0.1) is 0 Å². The van der Waals surface area contributed by atoms with Crippen LogP contribution in [0.4, 0.5) is 10.1 Å². The van der Waals surface area contributed by atoms with Gasteiger partial charge in [-0.05, 0) is 36.2 Å². The van der Waals surface area contributed by atoms with Gasteiger partial charge in [0.25, 0.3) is 0 Å². The molecule has 0 saturated carbocycles. The molecule has 0 aliphatic carbocycles. The normalized spacial score (nSPS) is 11.9. The summed E-state index contributed by atoms with van der Waals surface area (Å²) < 4.78 is 14.5. The van der Waals surface area contributed by atoms with Gasteiger partial charge in [0, 0.05) is 4.47 Å². The van der Waals surface area contributed by atoms with Crippen LogP contribution in [0.15, 0.2) is 46.9 Å². The van der Waals surface area contributed by atoms with E-state index in [-0.39, 0.29) is 5.69 Å². The summed E-state index contributed by atoms with van der Waals surface area (Å²) in [5.41, 5.74) is 7.38. The second-order valence-corrected chi connectivity index (χ2v) is 5.32. The minimum Gasteiger partial charge on any atom is -0.368 e. The van der Waals surface area contributed by atoms with Gasteiger partial charge in [0.1, 0.15) is 11.9 Å². The topological polar surface area (TPSA) is 55.1 Å². The molecule has 0 aliphatic heterocycles. The molecule has 20 heavy (non-hydrogen) atoms. The zero-order valence-corrected chi connectivity index (χ0v) is 12.4. The summed E-state index contributed by atoms with van der Waals surface area (Å²) in [5, 5.41) is 2.84. The van der Waals surface area contributed by atoms with Gasteiger partial charge in [0.2, 0.25) is 5.91 Å². The molecule has 2 aromatic rings. The van der Waals surface area contributed by atoms with Crippen LogP contribution >= 0.6 is 15.9 Å². The molecule has 1 amide bonds. The highest BCUT2D eigenvalue weighted by Gasteiger charge is 2.19. The number of carbonyl (C=O) groups is 1. The van der Waals surface area contributed by atoms with E-state index < -0.39 is 17.8 Å². The quantitative estimate of drug-likeness (QED) is 0.897. The fraction of sp³-hybridized carbons (Fsp3) is 0.133. The summed E-state index contributed by atoms with van der Waals surface area (Å²) in [4.78, 5) is 11.6. The van der Waals surface area contributed by atoms with E-state index in [4.69, 9.17) is 5.73 Å². The predicted molar refractivity (Wildman–Crippen MR) is 80.8 cm³/mol. The molecule has 1 atom stereocenters. The second kappa shape index (κ2) is 6.05. The third-order valence-corrected chi connectivity index (χ3v) is 3.84. The lowest BCUT2D eigenvalue weighted by atomic mass is 10.0. The van der Waals surface area contributed by atoms with Crippen LogP contribution in [0, 0.1) is 12.7 Å². The zero-order valence-electron chi connectivity index (χ0n) is 10.9. The first kappa shape index (κ1) is 14.5. The number of halogens is 2. The van der Waals surface area contributed by atoms with Crippen molar-refractivity contribution in [3.05, 3.63) is 63.9 Å². The molecule has 3 N–H and O–H groups in total. The Bertz CT molecular complexity index is 646. The molecule has 0 spiro atoms. The first-order valence-corrected chi connectivity index (χ1v) is 6.85. The lowest BCUT2D eigenvalue weighted by Crippen LogP contribution is -2.28. The third-order valence-electron chi connectivity index (χ3n) is 2.99.